The molecule has 0 heterocycles. The fraction of sp³-hybridized carbons (Fsp3) is 1.00. The average Bonchev–Trinajstić information content (AvgIpc) is 2.69. The molecule has 0 spiro atoms. The number of rotatable bonds is 8. The second-order valence-corrected chi connectivity index (χ2v) is 8.82. The van der Waals surface area contributed by atoms with Gasteiger partial charge in [-0.3, -0.25) is 0 Å². The molecule has 0 amide bonds. The van der Waals surface area contributed by atoms with E-state index >= 15 is 0 Å². The zero-order valence-corrected chi connectivity index (χ0v) is 25.1. The molecule has 4 nitrogen and oxygen atoms in total. The Balaban J connectivity index is -0.0000000873. The zero-order chi connectivity index (χ0) is 23.7. The molecule has 29 heavy (non-hydrogen) atoms. The Bertz CT molecular complexity index is 239. The van der Waals surface area contributed by atoms with Gasteiger partial charge in [-0.1, -0.05) is 55.4 Å². The van der Waals surface area contributed by atoms with E-state index in [4.69, 9.17) is 20.4 Å². The first-order valence-electron chi connectivity index (χ1n) is 11.4. The summed E-state index contributed by atoms with van der Waals surface area (Å²) >= 11 is 0. The van der Waals surface area contributed by atoms with E-state index < -0.39 is 22.4 Å². The van der Waals surface area contributed by atoms with Crippen LogP contribution >= 0.6 is 0 Å². The average molecular weight is 549 g/mol. The molecule has 0 aliphatic rings. The Labute approximate surface area is 217 Å². The fourth-order valence-corrected chi connectivity index (χ4v) is 1.000. The van der Waals surface area contributed by atoms with E-state index in [9.17, 15) is 0 Å². The van der Waals surface area contributed by atoms with Gasteiger partial charge >= 0.3 is 0 Å². The molecule has 0 aliphatic heterocycles. The number of hydrogen-bond acceptors (Lipinski definition) is 4. The van der Waals surface area contributed by atoms with Crippen molar-refractivity contribution >= 4 is 0 Å². The summed E-state index contributed by atoms with van der Waals surface area (Å²) in [4.78, 5) is 0. The molecule has 0 saturated carbocycles. The maximum atomic E-state index is 9.13. The van der Waals surface area contributed by atoms with Crippen molar-refractivity contribution in [1.82, 2.24) is 0 Å². The molecular formula is C24H56CeO4. The third-order valence-electron chi connectivity index (χ3n) is 6.09. The van der Waals surface area contributed by atoms with Gasteiger partial charge in [0.15, 0.2) is 0 Å². The van der Waals surface area contributed by atoms with Gasteiger partial charge in [0, 0.05) is 41.7 Å². The molecule has 0 aromatic heterocycles. The van der Waals surface area contributed by atoms with Crippen LogP contribution in [0.4, 0.5) is 0 Å². The first-order chi connectivity index (χ1) is 12.5. The maximum absolute atomic E-state index is 9.13. The molecule has 0 aromatic carbocycles. The van der Waals surface area contributed by atoms with E-state index in [1.54, 1.807) is 0 Å². The van der Waals surface area contributed by atoms with Crippen molar-refractivity contribution in [2.45, 2.75) is 157 Å². The van der Waals surface area contributed by atoms with Crippen molar-refractivity contribution in [2.24, 2.45) is 0 Å². The molecule has 5 heteroatoms. The number of hydrogen-bond donors (Lipinski definition) is 4. The van der Waals surface area contributed by atoms with Crippen LogP contribution in [0.5, 0.6) is 0 Å². The maximum Gasteiger partial charge on any atom is 0.0614 e. The summed E-state index contributed by atoms with van der Waals surface area (Å²) in [6.07, 6.45) is 6.81. The summed E-state index contributed by atoms with van der Waals surface area (Å²) in [7, 11) is 0. The third kappa shape index (κ3) is 34.0. The van der Waals surface area contributed by atoms with Crippen LogP contribution in [0.1, 0.15) is 134 Å². The molecule has 0 radical (unpaired) electrons. The van der Waals surface area contributed by atoms with Crippen LogP contribution in [0.3, 0.4) is 0 Å². The van der Waals surface area contributed by atoms with Crippen molar-refractivity contribution in [3.8, 4) is 0 Å². The second kappa shape index (κ2) is 21.1. The Kier molecular flexibility index (Phi) is 29.5. The minimum absolute atomic E-state index is 0. The predicted octanol–water partition coefficient (Wildman–Crippen LogP) is 6.23. The van der Waals surface area contributed by atoms with Crippen molar-refractivity contribution in [2.75, 3.05) is 0 Å². The van der Waals surface area contributed by atoms with Crippen molar-refractivity contribution in [3.63, 3.8) is 0 Å². The Morgan fingerprint density at radius 3 is 0.414 bits per heavy atom. The van der Waals surface area contributed by atoms with Gasteiger partial charge in [0.25, 0.3) is 0 Å². The second-order valence-electron chi connectivity index (χ2n) is 8.82. The Morgan fingerprint density at radius 2 is 0.414 bits per heavy atom. The van der Waals surface area contributed by atoms with Crippen LogP contribution in [0, 0.1) is 41.7 Å². The van der Waals surface area contributed by atoms with Gasteiger partial charge in [-0.2, -0.15) is 0 Å². The van der Waals surface area contributed by atoms with E-state index in [2.05, 4.69) is 0 Å². The Hall–Kier alpha value is 1.22. The van der Waals surface area contributed by atoms with Gasteiger partial charge in [0.2, 0.25) is 0 Å². The molecule has 0 unspecified atom stereocenters. The predicted molar refractivity (Wildman–Crippen MR) is 125 cm³/mol. The van der Waals surface area contributed by atoms with Gasteiger partial charge in [-0.05, 0) is 79.1 Å². The van der Waals surface area contributed by atoms with E-state index in [0.717, 1.165) is 51.4 Å². The van der Waals surface area contributed by atoms with Crippen LogP contribution in [-0.2, 0) is 0 Å². The summed E-state index contributed by atoms with van der Waals surface area (Å²) in [5.74, 6) is 0. The molecule has 0 atom stereocenters. The summed E-state index contributed by atoms with van der Waals surface area (Å²) < 4.78 is 0. The molecule has 0 saturated heterocycles. The smallest absolute Gasteiger partial charge is 0.0614 e. The summed E-state index contributed by atoms with van der Waals surface area (Å²) in [5.41, 5.74) is -1.67. The van der Waals surface area contributed by atoms with Gasteiger partial charge < -0.3 is 20.4 Å². The van der Waals surface area contributed by atoms with Crippen LogP contribution in [0.15, 0.2) is 0 Å². The van der Waals surface area contributed by atoms with Crippen LogP contribution < -0.4 is 0 Å². The van der Waals surface area contributed by atoms with E-state index in [1.807, 2.05) is 83.1 Å². The van der Waals surface area contributed by atoms with Gasteiger partial charge in [0.05, 0.1) is 22.4 Å². The largest absolute Gasteiger partial charge is 0.390 e. The van der Waals surface area contributed by atoms with Gasteiger partial charge in [0.1, 0.15) is 0 Å². The quantitative estimate of drug-likeness (QED) is 0.290. The van der Waals surface area contributed by atoms with E-state index in [0.29, 0.717) is 0 Å². The monoisotopic (exact) mass is 548 g/mol. The molecule has 0 aromatic rings. The van der Waals surface area contributed by atoms with E-state index in [-0.39, 0.29) is 41.7 Å². The third-order valence-corrected chi connectivity index (χ3v) is 6.09. The zero-order valence-electron chi connectivity index (χ0n) is 21.9. The molecule has 0 aliphatic carbocycles. The van der Waals surface area contributed by atoms with Crippen LogP contribution in [-0.4, -0.2) is 42.8 Å². The molecule has 180 valence electrons. The molecule has 0 rings (SSSR count). The standard InChI is InChI=1S/4C6H14O.Ce/c4*1-4-6(3,7)5-2;/h4*7H,4-5H2,1-3H3;. The molecule has 4 N–H and O–H groups in total. The van der Waals surface area contributed by atoms with Crippen LogP contribution in [0.25, 0.3) is 0 Å². The molecule has 0 fully saturated rings. The van der Waals surface area contributed by atoms with E-state index in [1.165, 1.54) is 0 Å². The van der Waals surface area contributed by atoms with Crippen molar-refractivity contribution in [1.29, 1.82) is 0 Å². The van der Waals surface area contributed by atoms with Crippen molar-refractivity contribution in [3.05, 3.63) is 0 Å². The summed E-state index contributed by atoms with van der Waals surface area (Å²) in [5, 5.41) is 36.5. The number of aliphatic hydroxyl groups is 4. The normalized spacial score (nSPS) is 11.6. The van der Waals surface area contributed by atoms with Gasteiger partial charge in [-0.25, -0.2) is 0 Å². The van der Waals surface area contributed by atoms with Gasteiger partial charge in [-0.15, -0.1) is 0 Å². The first-order valence-corrected chi connectivity index (χ1v) is 11.4. The minimum Gasteiger partial charge on any atom is -0.390 e. The molecular weight excluding hydrogens is 492 g/mol. The first kappa shape index (κ1) is 40.6. The topological polar surface area (TPSA) is 80.9 Å². The summed E-state index contributed by atoms with van der Waals surface area (Å²) in [6, 6.07) is 0. The van der Waals surface area contributed by atoms with Crippen molar-refractivity contribution < 1.29 is 62.2 Å². The Morgan fingerprint density at radius 1 is 0.345 bits per heavy atom. The minimum atomic E-state index is -0.417. The summed E-state index contributed by atoms with van der Waals surface area (Å²) in [6.45, 7) is 23.3. The fourth-order valence-electron chi connectivity index (χ4n) is 1.000. The molecule has 0 bridgehead atoms. The SMILES string of the molecule is CCC(C)(O)CC.CCC(C)(O)CC.CCC(C)(O)CC.CCC(C)(O)CC.[Ce]. The van der Waals surface area contributed by atoms with Crippen LogP contribution in [0.2, 0.25) is 0 Å².